The molecule has 0 heterocycles. The molecule has 0 radical (unpaired) electrons. The second kappa shape index (κ2) is 1.03. The van der Waals surface area contributed by atoms with E-state index in [1.165, 1.54) is 0 Å². The van der Waals surface area contributed by atoms with Gasteiger partial charge in [0.1, 0.15) is 0 Å². The van der Waals surface area contributed by atoms with Gasteiger partial charge in [0.05, 0.1) is 6.42 Å². The Balaban J connectivity index is 2.78. The van der Waals surface area contributed by atoms with Crippen LogP contribution in [0.1, 0.15) is 6.42 Å². The Hall–Kier alpha value is -0.920. The Morgan fingerprint density at radius 2 is 2.43 bits per heavy atom. The van der Waals surface area contributed by atoms with Gasteiger partial charge in [0.25, 0.3) is 0 Å². The molecule has 1 unspecified atom stereocenters. The van der Waals surface area contributed by atoms with Gasteiger partial charge < -0.3 is 5.11 Å². The number of aliphatic hydroxyl groups is 1. The number of terminal acetylenes is 1. The van der Waals surface area contributed by atoms with Gasteiger partial charge >= 0.3 is 0 Å². The summed E-state index contributed by atoms with van der Waals surface area (Å²) < 4.78 is 0. The minimum Gasteiger partial charge on any atom is -0.366 e. The van der Waals surface area contributed by atoms with Gasteiger partial charge in [0, 0.05) is 0 Å². The van der Waals surface area contributed by atoms with Gasteiger partial charge in [-0.05, 0) is 0 Å². The van der Waals surface area contributed by atoms with Crippen LogP contribution in [-0.2, 0) is 0 Å². The van der Waals surface area contributed by atoms with Crippen molar-refractivity contribution in [3.05, 3.63) is 0 Å². The zero-order valence-electron chi connectivity index (χ0n) is 3.73. The van der Waals surface area contributed by atoms with Crippen molar-refractivity contribution in [1.29, 1.82) is 0 Å². The molecule has 34 valence electrons. The topological polar surface area (TPSA) is 20.2 Å². The van der Waals surface area contributed by atoms with Crippen molar-refractivity contribution in [2.24, 2.45) is 0 Å². The molecule has 0 aromatic rings. The van der Waals surface area contributed by atoms with Crippen molar-refractivity contribution in [2.75, 3.05) is 0 Å². The molecule has 0 fully saturated rings. The van der Waals surface area contributed by atoms with E-state index in [9.17, 15) is 0 Å². The number of rotatable bonds is 0. The normalized spacial score (nSPS) is 34.3. The standard InChI is InChI=1S/C6H4O/c1-2-6(7)4-3-5-6/h1,7H,4H2. The van der Waals surface area contributed by atoms with Crippen LogP contribution in [0.25, 0.3) is 0 Å². The molecule has 0 saturated carbocycles. The second-order valence-electron chi connectivity index (χ2n) is 1.48. The van der Waals surface area contributed by atoms with Gasteiger partial charge in [0.15, 0.2) is 5.60 Å². The van der Waals surface area contributed by atoms with Crippen molar-refractivity contribution in [3.63, 3.8) is 0 Å². The van der Waals surface area contributed by atoms with Gasteiger partial charge in [-0.15, -0.1) is 6.42 Å². The Morgan fingerprint density at radius 1 is 1.86 bits per heavy atom. The molecule has 7 heavy (non-hydrogen) atoms. The third kappa shape index (κ3) is 0.474. The zero-order chi connectivity index (χ0) is 5.33. The second-order valence-corrected chi connectivity index (χ2v) is 1.48. The van der Waals surface area contributed by atoms with Crippen molar-refractivity contribution in [3.8, 4) is 24.2 Å². The highest BCUT2D eigenvalue weighted by atomic mass is 16.3. The molecule has 1 atom stereocenters. The molecule has 1 N–H and O–H groups in total. The summed E-state index contributed by atoms with van der Waals surface area (Å²) in [6.07, 6.45) is 5.30. The fourth-order valence-electron chi connectivity index (χ4n) is 0.343. The van der Waals surface area contributed by atoms with E-state index in [-0.39, 0.29) is 0 Å². The first-order chi connectivity index (χ1) is 3.27. The van der Waals surface area contributed by atoms with Crippen molar-refractivity contribution in [1.82, 2.24) is 0 Å². The predicted octanol–water partition coefficient (Wildman–Crippen LogP) is -0.242. The first kappa shape index (κ1) is 4.24. The quantitative estimate of drug-likeness (QED) is 0.409. The highest BCUT2D eigenvalue weighted by Gasteiger charge is 2.24. The van der Waals surface area contributed by atoms with Gasteiger partial charge in [-0.2, -0.15) is 0 Å². The summed E-state index contributed by atoms with van der Waals surface area (Å²) in [5.41, 5.74) is -1.07. The summed E-state index contributed by atoms with van der Waals surface area (Å²) in [6.45, 7) is 0. The van der Waals surface area contributed by atoms with Crippen molar-refractivity contribution >= 4 is 0 Å². The lowest BCUT2D eigenvalue weighted by Gasteiger charge is -2.16. The molecule has 1 nitrogen and oxygen atoms in total. The van der Waals surface area contributed by atoms with Crippen molar-refractivity contribution < 1.29 is 5.11 Å². The Kier molecular flexibility index (Phi) is 0.622. The van der Waals surface area contributed by atoms with Crippen molar-refractivity contribution in [2.45, 2.75) is 12.0 Å². The van der Waals surface area contributed by atoms with E-state index < -0.39 is 5.60 Å². The van der Waals surface area contributed by atoms with Gasteiger partial charge in [0.2, 0.25) is 0 Å². The molecular formula is C6H4O. The van der Waals surface area contributed by atoms with Crippen LogP contribution in [-0.4, -0.2) is 10.7 Å². The molecule has 0 aromatic carbocycles. The van der Waals surface area contributed by atoms with E-state index in [1.54, 1.807) is 0 Å². The first-order valence-corrected chi connectivity index (χ1v) is 1.97. The van der Waals surface area contributed by atoms with Gasteiger partial charge in [-0.1, -0.05) is 17.8 Å². The molecule has 0 bridgehead atoms. The maximum Gasteiger partial charge on any atom is 0.198 e. The summed E-state index contributed by atoms with van der Waals surface area (Å²) in [7, 11) is 0. The van der Waals surface area contributed by atoms with E-state index in [0.29, 0.717) is 6.42 Å². The predicted molar refractivity (Wildman–Crippen MR) is 26.2 cm³/mol. The van der Waals surface area contributed by atoms with Crippen LogP contribution in [0.2, 0.25) is 0 Å². The lowest BCUT2D eigenvalue weighted by molar-refractivity contribution is 0.158. The van der Waals surface area contributed by atoms with E-state index in [1.807, 2.05) is 0 Å². The molecule has 0 amide bonds. The lowest BCUT2D eigenvalue weighted by atomic mass is 9.95. The zero-order valence-corrected chi connectivity index (χ0v) is 3.73. The summed E-state index contributed by atoms with van der Waals surface area (Å²) >= 11 is 0. The maximum atomic E-state index is 8.81. The summed E-state index contributed by atoms with van der Waals surface area (Å²) in [5.74, 6) is 7.21. The SMILES string of the molecule is C#CC1(O)C#CC1. The van der Waals surface area contributed by atoms with Crippen LogP contribution in [0.4, 0.5) is 0 Å². The van der Waals surface area contributed by atoms with E-state index in [4.69, 9.17) is 11.5 Å². The third-order valence-corrected chi connectivity index (χ3v) is 0.878. The molecule has 0 aliphatic heterocycles. The largest absolute Gasteiger partial charge is 0.366 e. The maximum absolute atomic E-state index is 8.81. The molecule has 1 heteroatoms. The summed E-state index contributed by atoms with van der Waals surface area (Å²) in [4.78, 5) is 0. The highest BCUT2D eigenvalue weighted by molar-refractivity contribution is 5.37. The van der Waals surface area contributed by atoms with Crippen LogP contribution >= 0.6 is 0 Å². The van der Waals surface area contributed by atoms with E-state index in [0.717, 1.165) is 0 Å². The minimum absolute atomic E-state index is 0.434. The first-order valence-electron chi connectivity index (χ1n) is 1.97. The summed E-state index contributed by atoms with van der Waals surface area (Å²) in [5, 5.41) is 8.81. The Morgan fingerprint density at radius 3 is 2.43 bits per heavy atom. The molecule has 1 aliphatic carbocycles. The van der Waals surface area contributed by atoms with Crippen LogP contribution in [0.3, 0.4) is 0 Å². The van der Waals surface area contributed by atoms with Crippen LogP contribution in [0.15, 0.2) is 0 Å². The van der Waals surface area contributed by atoms with E-state index in [2.05, 4.69) is 17.8 Å². The Bertz CT molecular complexity index is 177. The lowest BCUT2D eigenvalue weighted by Crippen LogP contribution is -2.28. The number of hydrogen-bond donors (Lipinski definition) is 1. The average Bonchev–Trinajstić information content (AvgIpc) is 1.61. The molecule has 1 rings (SSSR count). The molecule has 0 saturated heterocycles. The minimum atomic E-state index is -1.07. The van der Waals surface area contributed by atoms with Gasteiger partial charge in [-0.25, -0.2) is 0 Å². The molecule has 0 aromatic heterocycles. The smallest absolute Gasteiger partial charge is 0.198 e. The Labute approximate surface area is 42.4 Å². The van der Waals surface area contributed by atoms with Crippen LogP contribution in [0.5, 0.6) is 0 Å². The average molecular weight is 92.1 g/mol. The highest BCUT2D eigenvalue weighted by Crippen LogP contribution is 2.12. The third-order valence-electron chi connectivity index (χ3n) is 0.878. The molecule has 0 spiro atoms. The fraction of sp³-hybridized carbons (Fsp3) is 0.333. The molecular weight excluding hydrogens is 88.1 g/mol. The number of hydrogen-bond acceptors (Lipinski definition) is 1. The summed E-state index contributed by atoms with van der Waals surface area (Å²) in [6, 6.07) is 0. The van der Waals surface area contributed by atoms with Crippen LogP contribution in [0, 0.1) is 24.2 Å². The van der Waals surface area contributed by atoms with Crippen LogP contribution < -0.4 is 0 Å². The fourth-order valence-corrected chi connectivity index (χ4v) is 0.343. The monoisotopic (exact) mass is 92.0 g/mol. The van der Waals surface area contributed by atoms with E-state index >= 15 is 0 Å². The van der Waals surface area contributed by atoms with Gasteiger partial charge in [-0.3, -0.25) is 0 Å². The molecule has 1 aliphatic rings.